The summed E-state index contributed by atoms with van der Waals surface area (Å²) >= 11 is 1.44. The number of piperidine rings is 1. The van der Waals surface area contributed by atoms with Gasteiger partial charge in [-0.3, -0.25) is 9.59 Å². The molecular weight excluding hydrogens is 358 g/mol. The summed E-state index contributed by atoms with van der Waals surface area (Å²) in [6, 6.07) is 7.74. The third-order valence-corrected chi connectivity index (χ3v) is 6.51. The van der Waals surface area contributed by atoms with Gasteiger partial charge in [-0.2, -0.15) is 0 Å². The van der Waals surface area contributed by atoms with E-state index in [1.165, 1.54) is 43.9 Å². The van der Waals surface area contributed by atoms with Gasteiger partial charge in [0.25, 0.3) is 5.91 Å². The lowest BCUT2D eigenvalue weighted by atomic mass is 9.89. The average molecular weight is 390 g/mol. The number of benzene rings is 1. The minimum absolute atomic E-state index is 0.0468. The lowest BCUT2D eigenvalue weighted by Gasteiger charge is -2.24. The molecule has 1 aromatic carbocycles. The Hall–Kier alpha value is -1.53. The number of hydrogen-bond donors (Lipinski definition) is 3. The van der Waals surface area contributed by atoms with Crippen LogP contribution in [0.4, 0.5) is 0 Å². The summed E-state index contributed by atoms with van der Waals surface area (Å²) in [4.78, 5) is 25.7. The maximum atomic E-state index is 12.7. The van der Waals surface area contributed by atoms with Crippen LogP contribution in [0, 0.1) is 5.92 Å². The SMILES string of the molecule is O=C(CSc1ccccc1C(=O)N[C@H]1CCCNC1)NCC1CCCCC1. The topological polar surface area (TPSA) is 70.2 Å². The molecule has 2 fully saturated rings. The first-order valence-electron chi connectivity index (χ1n) is 10.2. The molecule has 1 atom stereocenters. The second-order valence-electron chi connectivity index (χ2n) is 7.61. The van der Waals surface area contributed by atoms with Crippen molar-refractivity contribution in [1.29, 1.82) is 0 Å². The maximum Gasteiger partial charge on any atom is 0.252 e. The zero-order chi connectivity index (χ0) is 18.9. The van der Waals surface area contributed by atoms with E-state index in [1.54, 1.807) is 0 Å². The van der Waals surface area contributed by atoms with Gasteiger partial charge >= 0.3 is 0 Å². The Labute approximate surface area is 166 Å². The van der Waals surface area contributed by atoms with Crippen LogP contribution in [0.5, 0.6) is 0 Å². The minimum atomic E-state index is -0.0468. The fourth-order valence-electron chi connectivity index (χ4n) is 3.86. The van der Waals surface area contributed by atoms with Gasteiger partial charge in [-0.1, -0.05) is 31.4 Å². The molecule has 1 heterocycles. The molecule has 0 spiro atoms. The van der Waals surface area contributed by atoms with Crippen LogP contribution in [0.25, 0.3) is 0 Å². The van der Waals surface area contributed by atoms with Gasteiger partial charge < -0.3 is 16.0 Å². The largest absolute Gasteiger partial charge is 0.355 e. The lowest BCUT2D eigenvalue weighted by molar-refractivity contribution is -0.118. The van der Waals surface area contributed by atoms with Crippen molar-refractivity contribution in [3.05, 3.63) is 29.8 Å². The summed E-state index contributed by atoms with van der Waals surface area (Å²) in [5.74, 6) is 0.990. The van der Waals surface area contributed by atoms with Crippen molar-refractivity contribution in [3.63, 3.8) is 0 Å². The zero-order valence-electron chi connectivity index (χ0n) is 16.0. The van der Waals surface area contributed by atoms with E-state index in [4.69, 9.17) is 0 Å². The smallest absolute Gasteiger partial charge is 0.252 e. The fraction of sp³-hybridized carbons (Fsp3) is 0.619. The van der Waals surface area contributed by atoms with E-state index >= 15 is 0 Å². The van der Waals surface area contributed by atoms with E-state index < -0.39 is 0 Å². The first-order valence-corrected chi connectivity index (χ1v) is 11.2. The van der Waals surface area contributed by atoms with Crippen LogP contribution in [0.3, 0.4) is 0 Å². The lowest BCUT2D eigenvalue weighted by Crippen LogP contribution is -2.45. The van der Waals surface area contributed by atoms with Crippen LogP contribution >= 0.6 is 11.8 Å². The van der Waals surface area contributed by atoms with Gasteiger partial charge in [0.15, 0.2) is 0 Å². The van der Waals surface area contributed by atoms with Crippen molar-refractivity contribution in [2.75, 3.05) is 25.4 Å². The van der Waals surface area contributed by atoms with Crippen LogP contribution < -0.4 is 16.0 Å². The van der Waals surface area contributed by atoms with Gasteiger partial charge in [-0.25, -0.2) is 0 Å². The first kappa shape index (κ1) is 20.2. The van der Waals surface area contributed by atoms with Gasteiger partial charge in [0, 0.05) is 24.0 Å². The molecule has 0 bridgehead atoms. The highest BCUT2D eigenvalue weighted by Gasteiger charge is 2.19. The third-order valence-electron chi connectivity index (χ3n) is 5.44. The molecule has 5 nitrogen and oxygen atoms in total. The summed E-state index contributed by atoms with van der Waals surface area (Å²) in [5, 5.41) is 9.50. The predicted molar refractivity (Wildman–Crippen MR) is 110 cm³/mol. The standard InChI is InChI=1S/C21H31N3O2S/c25-20(23-13-16-7-2-1-3-8-16)15-27-19-11-5-4-10-18(19)21(26)24-17-9-6-12-22-14-17/h4-5,10-11,16-17,22H,1-3,6-9,12-15H2,(H,23,25)(H,24,26)/t17-/m0/s1. The van der Waals surface area contributed by atoms with Crippen molar-refractivity contribution in [2.24, 2.45) is 5.92 Å². The Morgan fingerprint density at radius 3 is 2.67 bits per heavy atom. The molecule has 1 saturated heterocycles. The molecule has 0 unspecified atom stereocenters. The molecule has 3 N–H and O–H groups in total. The first-order chi connectivity index (χ1) is 13.2. The highest BCUT2D eigenvalue weighted by atomic mass is 32.2. The van der Waals surface area contributed by atoms with Crippen molar-refractivity contribution in [3.8, 4) is 0 Å². The molecule has 2 aliphatic rings. The molecule has 2 amide bonds. The normalized spacial score (nSPS) is 20.8. The van der Waals surface area contributed by atoms with Crippen molar-refractivity contribution < 1.29 is 9.59 Å². The summed E-state index contributed by atoms with van der Waals surface area (Å²) in [6.45, 7) is 2.63. The van der Waals surface area contributed by atoms with Crippen LogP contribution in [-0.2, 0) is 4.79 Å². The van der Waals surface area contributed by atoms with Crippen LogP contribution in [-0.4, -0.2) is 43.2 Å². The predicted octanol–water partition coefficient (Wildman–Crippen LogP) is 2.96. The van der Waals surface area contributed by atoms with E-state index in [-0.39, 0.29) is 17.9 Å². The highest BCUT2D eigenvalue weighted by Crippen LogP contribution is 2.24. The number of carbonyl (C=O) groups excluding carboxylic acids is 2. The van der Waals surface area contributed by atoms with Gasteiger partial charge in [0.05, 0.1) is 11.3 Å². The number of amides is 2. The van der Waals surface area contributed by atoms with Crippen molar-refractivity contribution in [1.82, 2.24) is 16.0 Å². The number of rotatable bonds is 7. The highest BCUT2D eigenvalue weighted by molar-refractivity contribution is 8.00. The summed E-state index contributed by atoms with van der Waals surface area (Å²) in [7, 11) is 0. The van der Waals surface area contributed by atoms with Gasteiger partial charge in [-0.05, 0) is 50.3 Å². The molecule has 0 aromatic heterocycles. The van der Waals surface area contributed by atoms with Crippen LogP contribution in [0.2, 0.25) is 0 Å². The Morgan fingerprint density at radius 1 is 1.07 bits per heavy atom. The van der Waals surface area contributed by atoms with Crippen LogP contribution in [0.1, 0.15) is 55.3 Å². The third kappa shape index (κ3) is 6.54. The number of nitrogens with one attached hydrogen (secondary N) is 3. The molecule has 148 valence electrons. The number of carbonyl (C=O) groups is 2. The molecule has 6 heteroatoms. The second-order valence-corrected chi connectivity index (χ2v) is 8.63. The van der Waals surface area contributed by atoms with Crippen LogP contribution in [0.15, 0.2) is 29.2 Å². The molecule has 1 aliphatic heterocycles. The van der Waals surface area contributed by atoms with Gasteiger partial charge in [0.1, 0.15) is 0 Å². The average Bonchev–Trinajstić information content (AvgIpc) is 2.72. The summed E-state index contributed by atoms with van der Waals surface area (Å²) in [5.41, 5.74) is 0.660. The minimum Gasteiger partial charge on any atom is -0.355 e. The summed E-state index contributed by atoms with van der Waals surface area (Å²) < 4.78 is 0. The van der Waals surface area contributed by atoms with E-state index in [9.17, 15) is 9.59 Å². The summed E-state index contributed by atoms with van der Waals surface area (Å²) in [6.07, 6.45) is 8.46. The Balaban J connectivity index is 1.47. The van der Waals surface area contributed by atoms with Crippen molar-refractivity contribution >= 4 is 23.6 Å². The monoisotopic (exact) mass is 389 g/mol. The molecule has 0 radical (unpaired) electrons. The van der Waals surface area contributed by atoms with Gasteiger partial charge in [-0.15, -0.1) is 11.8 Å². The van der Waals surface area contributed by atoms with E-state index in [0.29, 0.717) is 17.2 Å². The van der Waals surface area contributed by atoms with E-state index in [2.05, 4.69) is 16.0 Å². The molecule has 1 aliphatic carbocycles. The zero-order valence-corrected chi connectivity index (χ0v) is 16.8. The van der Waals surface area contributed by atoms with Gasteiger partial charge in [0.2, 0.25) is 5.91 Å². The molecule has 1 aromatic rings. The Morgan fingerprint density at radius 2 is 1.89 bits per heavy atom. The fourth-order valence-corrected chi connectivity index (χ4v) is 4.74. The number of hydrogen-bond acceptors (Lipinski definition) is 4. The second kappa shape index (κ2) is 10.7. The molecule has 27 heavy (non-hydrogen) atoms. The van der Waals surface area contributed by atoms with E-state index in [0.717, 1.165) is 37.4 Å². The Bertz CT molecular complexity index is 626. The Kier molecular flexibility index (Phi) is 8.02. The van der Waals surface area contributed by atoms with E-state index in [1.807, 2.05) is 24.3 Å². The molecule has 3 rings (SSSR count). The maximum absolute atomic E-state index is 12.7. The molecule has 1 saturated carbocycles. The number of thioether (sulfide) groups is 1. The van der Waals surface area contributed by atoms with Crippen molar-refractivity contribution in [2.45, 2.75) is 55.9 Å². The quantitative estimate of drug-likeness (QED) is 0.627. The molecular formula is C21H31N3O2S.